The van der Waals surface area contributed by atoms with Crippen LogP contribution in [0, 0.1) is 25.2 Å². The number of ether oxygens (including phenoxy) is 1. The van der Waals surface area contributed by atoms with Gasteiger partial charge >= 0.3 is 6.09 Å². The molecule has 0 fully saturated rings. The molecule has 3 N–H and O–H groups in total. The predicted octanol–water partition coefficient (Wildman–Crippen LogP) is 4.37. The molecule has 0 heterocycles. The third kappa shape index (κ3) is 7.79. The molecule has 3 aromatic carbocycles. The average molecular weight is 531 g/mol. The van der Waals surface area contributed by atoms with Gasteiger partial charge in [0.25, 0.3) is 5.91 Å². The zero-order valence-corrected chi connectivity index (χ0v) is 22.8. The van der Waals surface area contributed by atoms with Crippen LogP contribution in [0.1, 0.15) is 43.5 Å². The lowest BCUT2D eigenvalue weighted by Gasteiger charge is -2.32. The van der Waals surface area contributed by atoms with E-state index in [1.54, 1.807) is 39.0 Å². The lowest BCUT2D eigenvalue weighted by Crippen LogP contribution is -2.54. The molecule has 9 heteroatoms. The van der Waals surface area contributed by atoms with Crippen LogP contribution in [0.25, 0.3) is 10.8 Å². The van der Waals surface area contributed by atoms with Gasteiger partial charge in [0.2, 0.25) is 5.91 Å². The minimum Gasteiger partial charge on any atom is -0.444 e. The molecule has 0 bridgehead atoms. The first-order valence-electron chi connectivity index (χ1n) is 12.6. The van der Waals surface area contributed by atoms with E-state index in [-0.39, 0.29) is 0 Å². The Morgan fingerprint density at radius 3 is 2.23 bits per heavy atom. The molecule has 0 aliphatic heterocycles. The van der Waals surface area contributed by atoms with Crippen molar-refractivity contribution < 1.29 is 24.2 Å². The second-order valence-electron chi connectivity index (χ2n) is 10.4. The van der Waals surface area contributed by atoms with E-state index in [1.807, 2.05) is 62.4 Å². The summed E-state index contributed by atoms with van der Waals surface area (Å²) in [5.41, 5.74) is 1.90. The highest BCUT2D eigenvalue weighted by molar-refractivity contribution is 6.00. The quantitative estimate of drug-likeness (QED) is 0.371. The molecule has 3 aromatic rings. The van der Waals surface area contributed by atoms with E-state index in [1.165, 1.54) is 0 Å². The Bertz CT molecular complexity index is 1390. The van der Waals surface area contributed by atoms with Crippen molar-refractivity contribution >= 4 is 34.4 Å². The van der Waals surface area contributed by atoms with E-state index in [2.05, 4.69) is 10.6 Å². The molecule has 0 saturated carbocycles. The van der Waals surface area contributed by atoms with E-state index in [9.17, 15) is 24.8 Å². The summed E-state index contributed by atoms with van der Waals surface area (Å²) in [5, 5.41) is 26.8. The highest BCUT2D eigenvalue weighted by Gasteiger charge is 2.36. The number of alkyl carbamates (subject to hydrolysis) is 1. The van der Waals surface area contributed by atoms with Gasteiger partial charge in [-0.3, -0.25) is 9.59 Å². The van der Waals surface area contributed by atoms with Crippen molar-refractivity contribution in [1.82, 2.24) is 10.2 Å². The van der Waals surface area contributed by atoms with Gasteiger partial charge in [-0.05, 0) is 63.1 Å². The highest BCUT2D eigenvalue weighted by atomic mass is 16.6. The van der Waals surface area contributed by atoms with E-state index in [0.717, 1.165) is 26.8 Å². The third-order valence-electron chi connectivity index (χ3n) is 5.83. The Labute approximate surface area is 228 Å². The van der Waals surface area contributed by atoms with E-state index in [0.29, 0.717) is 11.3 Å². The molecular weight excluding hydrogens is 496 g/mol. The molecule has 0 aliphatic carbocycles. The summed E-state index contributed by atoms with van der Waals surface area (Å²) < 4.78 is 5.22. The molecule has 0 saturated heterocycles. The van der Waals surface area contributed by atoms with Crippen LogP contribution < -0.4 is 10.6 Å². The Kier molecular flexibility index (Phi) is 9.28. The molecule has 0 radical (unpaired) electrons. The van der Waals surface area contributed by atoms with Gasteiger partial charge in [0.05, 0.1) is 12.7 Å². The lowest BCUT2D eigenvalue weighted by atomic mass is 9.98. The molecule has 0 aliphatic rings. The van der Waals surface area contributed by atoms with Crippen LogP contribution in [0.2, 0.25) is 0 Å². The van der Waals surface area contributed by atoms with Crippen LogP contribution in [0.5, 0.6) is 0 Å². The molecule has 2 atom stereocenters. The fourth-order valence-corrected chi connectivity index (χ4v) is 4.33. The van der Waals surface area contributed by atoms with Crippen molar-refractivity contribution in [2.24, 2.45) is 0 Å². The van der Waals surface area contributed by atoms with Crippen LogP contribution in [0.3, 0.4) is 0 Å². The molecule has 3 amide bonds. The van der Waals surface area contributed by atoms with E-state index >= 15 is 0 Å². The molecule has 0 spiro atoms. The van der Waals surface area contributed by atoms with E-state index in [4.69, 9.17) is 4.74 Å². The van der Waals surface area contributed by atoms with Gasteiger partial charge in [0.15, 0.2) is 0 Å². The summed E-state index contributed by atoms with van der Waals surface area (Å²) in [7, 11) is 0. The molecule has 204 valence electrons. The highest BCUT2D eigenvalue weighted by Crippen LogP contribution is 2.27. The zero-order chi connectivity index (χ0) is 28.7. The van der Waals surface area contributed by atoms with Crippen LogP contribution in [-0.4, -0.2) is 52.7 Å². The van der Waals surface area contributed by atoms with Crippen LogP contribution in [0.15, 0.2) is 60.7 Å². The van der Waals surface area contributed by atoms with Gasteiger partial charge < -0.3 is 25.4 Å². The van der Waals surface area contributed by atoms with Gasteiger partial charge in [-0.1, -0.05) is 59.7 Å². The Morgan fingerprint density at radius 2 is 1.64 bits per heavy atom. The number of aryl methyl sites for hydroxylation is 2. The Morgan fingerprint density at radius 1 is 1.00 bits per heavy atom. The second kappa shape index (κ2) is 12.4. The SMILES string of the molecule is Cc1cc(C)cc(C(C(=O)Nc2ccc3ccccc3c2)N(CC#N)C(=O)C(CO)NC(=O)OC(C)(C)C)c1. The van der Waals surface area contributed by atoms with Gasteiger partial charge in [-0.2, -0.15) is 5.26 Å². The van der Waals surface area contributed by atoms with Crippen molar-refractivity contribution in [3.63, 3.8) is 0 Å². The predicted molar refractivity (Wildman–Crippen MR) is 149 cm³/mol. The fraction of sp³-hybridized carbons (Fsp3) is 0.333. The number of fused-ring (bicyclic) bond motifs is 1. The van der Waals surface area contributed by atoms with Crippen LogP contribution in [0.4, 0.5) is 10.5 Å². The maximum absolute atomic E-state index is 13.8. The summed E-state index contributed by atoms with van der Waals surface area (Å²) in [4.78, 5) is 40.9. The summed E-state index contributed by atoms with van der Waals surface area (Å²) in [5.74, 6) is -1.35. The number of carbonyl (C=O) groups is 3. The first kappa shape index (κ1) is 29.1. The molecule has 2 unspecified atom stereocenters. The van der Waals surface area contributed by atoms with Crippen molar-refractivity contribution in [2.45, 2.75) is 52.3 Å². The number of aliphatic hydroxyl groups is 1. The second-order valence-corrected chi connectivity index (χ2v) is 10.4. The summed E-state index contributed by atoms with van der Waals surface area (Å²) in [6.07, 6.45) is -0.907. The maximum Gasteiger partial charge on any atom is 0.408 e. The van der Waals surface area contributed by atoms with Crippen molar-refractivity contribution in [2.75, 3.05) is 18.5 Å². The third-order valence-corrected chi connectivity index (χ3v) is 5.83. The average Bonchev–Trinajstić information content (AvgIpc) is 2.85. The number of aliphatic hydroxyl groups excluding tert-OH is 1. The number of nitrogens with one attached hydrogen (secondary N) is 2. The molecule has 0 aromatic heterocycles. The summed E-state index contributed by atoms with van der Waals surface area (Å²) in [6.45, 7) is 7.50. The number of amides is 3. The number of anilines is 1. The summed E-state index contributed by atoms with van der Waals surface area (Å²) in [6, 6.07) is 17.9. The van der Waals surface area contributed by atoms with E-state index < -0.39 is 48.7 Å². The summed E-state index contributed by atoms with van der Waals surface area (Å²) >= 11 is 0. The monoisotopic (exact) mass is 530 g/mol. The van der Waals surface area contributed by atoms with Gasteiger partial charge in [-0.25, -0.2) is 4.79 Å². The number of benzene rings is 3. The molecular formula is C30H34N4O5. The smallest absolute Gasteiger partial charge is 0.408 e. The normalized spacial score (nSPS) is 12.6. The minimum absolute atomic E-state index is 0.464. The maximum atomic E-state index is 13.8. The molecule has 39 heavy (non-hydrogen) atoms. The van der Waals surface area contributed by atoms with Gasteiger partial charge in [0, 0.05) is 5.69 Å². The minimum atomic E-state index is -1.44. The van der Waals surface area contributed by atoms with Gasteiger partial charge in [-0.15, -0.1) is 0 Å². The first-order valence-corrected chi connectivity index (χ1v) is 12.6. The van der Waals surface area contributed by atoms with Crippen molar-refractivity contribution in [1.29, 1.82) is 5.26 Å². The number of nitrogens with zero attached hydrogens (tertiary/aromatic N) is 2. The number of rotatable bonds is 8. The standard InChI is InChI=1S/C30H34N4O5/c1-19-14-20(2)16-23(15-19)26(27(36)32-24-11-10-21-8-6-7-9-22(21)17-24)34(13-12-31)28(37)25(18-35)33-29(38)39-30(3,4)5/h6-11,14-17,25-26,35H,13,18H2,1-5H3,(H,32,36)(H,33,38). The zero-order valence-electron chi connectivity index (χ0n) is 22.8. The topological polar surface area (TPSA) is 132 Å². The Hall–Kier alpha value is -4.42. The lowest BCUT2D eigenvalue weighted by molar-refractivity contribution is -0.140. The van der Waals surface area contributed by atoms with Gasteiger partial charge in [0.1, 0.15) is 24.2 Å². The van der Waals surface area contributed by atoms with Crippen LogP contribution in [-0.2, 0) is 14.3 Å². The number of nitriles is 1. The fourth-order valence-electron chi connectivity index (χ4n) is 4.33. The van der Waals surface area contributed by atoms with Crippen LogP contribution >= 0.6 is 0 Å². The van der Waals surface area contributed by atoms with Crippen molar-refractivity contribution in [3.8, 4) is 6.07 Å². The largest absolute Gasteiger partial charge is 0.444 e. The van der Waals surface area contributed by atoms with Crippen molar-refractivity contribution in [3.05, 3.63) is 77.4 Å². The number of carbonyl (C=O) groups excluding carboxylic acids is 3. The first-order chi connectivity index (χ1) is 18.4. The molecule has 9 nitrogen and oxygen atoms in total. The Balaban J connectivity index is 2.00. The number of hydrogen-bond acceptors (Lipinski definition) is 6. The molecule has 3 rings (SSSR count). The number of hydrogen-bond donors (Lipinski definition) is 3.